The van der Waals surface area contributed by atoms with Crippen LogP contribution in [-0.4, -0.2) is 30.3 Å². The number of carbonyl (C=O) groups is 3. The van der Waals surface area contributed by atoms with Gasteiger partial charge in [0.1, 0.15) is 0 Å². The van der Waals surface area contributed by atoms with Gasteiger partial charge in [-0.3, -0.25) is 14.4 Å². The van der Waals surface area contributed by atoms with Crippen molar-refractivity contribution in [1.29, 1.82) is 0 Å². The fourth-order valence-electron chi connectivity index (χ4n) is 0.409. The lowest BCUT2D eigenvalue weighted by atomic mass is 10.3. The Kier molecular flexibility index (Phi) is 5.33. The van der Waals surface area contributed by atoms with Crippen molar-refractivity contribution in [1.82, 2.24) is 0 Å². The number of aliphatic carboxylic acids is 1. The first kappa shape index (κ1) is 10.4. The van der Waals surface area contributed by atoms with Gasteiger partial charge in [-0.05, 0) is 0 Å². The third kappa shape index (κ3) is 6.53. The molecular weight excluding hydrogens is 168 g/mol. The summed E-state index contributed by atoms with van der Waals surface area (Å²) in [6.07, 6.45) is -0.516. The van der Waals surface area contributed by atoms with E-state index in [9.17, 15) is 14.4 Å². The third-order valence-corrected chi connectivity index (χ3v) is 0.899. The van der Waals surface area contributed by atoms with E-state index < -0.39 is 18.7 Å². The molecule has 12 heavy (non-hydrogen) atoms. The summed E-state index contributed by atoms with van der Waals surface area (Å²) in [6, 6.07) is 0. The summed E-state index contributed by atoms with van der Waals surface area (Å²) >= 11 is 0. The highest BCUT2D eigenvalue weighted by molar-refractivity contribution is 5.76. The first-order chi connectivity index (χ1) is 5.66. The molecule has 0 amide bonds. The summed E-state index contributed by atoms with van der Waals surface area (Å²) in [5.74, 6) is -1.79. The minimum Gasteiger partial charge on any atom is -0.481 e. The van der Waals surface area contributed by atoms with E-state index in [4.69, 9.17) is 5.11 Å². The second-order valence-electron chi connectivity index (χ2n) is 1.79. The quantitative estimate of drug-likeness (QED) is 0.254. The second kappa shape index (κ2) is 6.14. The molecule has 0 aliphatic heterocycles. The van der Waals surface area contributed by atoms with Crippen LogP contribution in [0, 0.1) is 0 Å². The Balaban J connectivity index is 3.33. The molecule has 0 radical (unpaired) electrons. The highest BCUT2D eigenvalue weighted by Crippen LogP contribution is 1.92. The Labute approximate surface area is 68.1 Å². The Morgan fingerprint density at radius 1 is 1.33 bits per heavy atom. The van der Waals surface area contributed by atoms with Gasteiger partial charge in [-0.25, -0.2) is 0 Å². The van der Waals surface area contributed by atoms with Gasteiger partial charge in [-0.2, -0.15) is 0 Å². The molecule has 0 aromatic heterocycles. The fraction of sp³-hybridized carbons (Fsp3) is 0.500. The van der Waals surface area contributed by atoms with Crippen LogP contribution in [0.25, 0.3) is 0 Å². The lowest BCUT2D eigenvalue weighted by molar-refractivity contribution is -0.161. The fourth-order valence-corrected chi connectivity index (χ4v) is 0.409. The highest BCUT2D eigenvalue weighted by Gasteiger charge is 2.05. The number of ether oxygens (including phenoxy) is 2. The van der Waals surface area contributed by atoms with Crippen LogP contribution in [0.2, 0.25) is 0 Å². The zero-order valence-corrected chi connectivity index (χ0v) is 6.19. The molecule has 0 saturated heterocycles. The van der Waals surface area contributed by atoms with Crippen LogP contribution >= 0.6 is 0 Å². The molecule has 6 nitrogen and oxygen atoms in total. The van der Waals surface area contributed by atoms with Crippen molar-refractivity contribution in [2.45, 2.75) is 12.8 Å². The molecular formula is C6H8O6. The number of hydrogen-bond donors (Lipinski definition) is 1. The summed E-state index contributed by atoms with van der Waals surface area (Å²) in [5, 5.41) is 8.14. The minimum atomic E-state index is -1.08. The minimum absolute atomic E-state index is 0.129. The zero-order chi connectivity index (χ0) is 9.40. The third-order valence-electron chi connectivity index (χ3n) is 0.899. The molecule has 0 atom stereocenters. The van der Waals surface area contributed by atoms with E-state index in [2.05, 4.69) is 9.47 Å². The highest BCUT2D eigenvalue weighted by atomic mass is 16.7. The van der Waals surface area contributed by atoms with Gasteiger partial charge < -0.3 is 14.6 Å². The maximum absolute atomic E-state index is 10.5. The number of carbonyl (C=O) groups excluding carboxylic acids is 2. The summed E-state index contributed by atoms with van der Waals surface area (Å²) in [7, 11) is 0. The number of hydrogen-bond acceptors (Lipinski definition) is 5. The van der Waals surface area contributed by atoms with Crippen LogP contribution in [0.5, 0.6) is 0 Å². The molecule has 0 bridgehead atoms. The van der Waals surface area contributed by atoms with E-state index in [0.717, 1.165) is 0 Å². The summed E-state index contributed by atoms with van der Waals surface area (Å²) in [6.45, 7) is -0.341. The molecule has 0 rings (SSSR count). The zero-order valence-electron chi connectivity index (χ0n) is 6.19. The first-order valence-corrected chi connectivity index (χ1v) is 3.09. The van der Waals surface area contributed by atoms with Gasteiger partial charge >= 0.3 is 11.9 Å². The predicted octanol–water partition coefficient (Wildman–Crippen LogP) is -0.475. The first-order valence-electron chi connectivity index (χ1n) is 3.09. The van der Waals surface area contributed by atoms with Crippen molar-refractivity contribution in [3.05, 3.63) is 0 Å². The van der Waals surface area contributed by atoms with E-state index in [1.54, 1.807) is 0 Å². The van der Waals surface area contributed by atoms with Crippen molar-refractivity contribution >= 4 is 18.4 Å². The average Bonchev–Trinajstić information content (AvgIpc) is 2.01. The van der Waals surface area contributed by atoms with Crippen LogP contribution in [-0.2, 0) is 23.9 Å². The van der Waals surface area contributed by atoms with Crippen LogP contribution < -0.4 is 0 Å². The lowest BCUT2D eigenvalue weighted by Gasteiger charge is -2.00. The van der Waals surface area contributed by atoms with E-state index >= 15 is 0 Å². The standard InChI is InChI=1S/C6H8O6/c7-3-11-4-12-6(10)2-1-5(8)9/h3H,1-2,4H2,(H,8,9). The number of carboxylic acids is 1. The van der Waals surface area contributed by atoms with Crippen molar-refractivity contribution in [2.24, 2.45) is 0 Å². The van der Waals surface area contributed by atoms with Crippen molar-refractivity contribution in [3.8, 4) is 0 Å². The van der Waals surface area contributed by atoms with Crippen LogP contribution in [0.3, 0.4) is 0 Å². The van der Waals surface area contributed by atoms with Gasteiger partial charge in [0.25, 0.3) is 6.47 Å². The molecule has 0 aliphatic carbocycles. The van der Waals surface area contributed by atoms with Crippen molar-refractivity contribution in [3.63, 3.8) is 0 Å². The lowest BCUT2D eigenvalue weighted by Crippen LogP contribution is -2.09. The smallest absolute Gasteiger partial charge is 0.309 e. The maximum Gasteiger partial charge on any atom is 0.309 e. The van der Waals surface area contributed by atoms with E-state index in [1.807, 2.05) is 0 Å². The van der Waals surface area contributed by atoms with Gasteiger partial charge in [0.05, 0.1) is 12.8 Å². The SMILES string of the molecule is O=COCOC(=O)CCC(=O)O. The normalized spacial score (nSPS) is 8.67. The van der Waals surface area contributed by atoms with Gasteiger partial charge in [0, 0.05) is 0 Å². The Hall–Kier alpha value is -1.59. The van der Waals surface area contributed by atoms with Crippen LogP contribution in [0.1, 0.15) is 12.8 Å². The number of rotatable bonds is 6. The van der Waals surface area contributed by atoms with E-state index in [-0.39, 0.29) is 19.3 Å². The van der Waals surface area contributed by atoms with Crippen LogP contribution in [0.4, 0.5) is 0 Å². The molecule has 0 spiro atoms. The van der Waals surface area contributed by atoms with Gasteiger partial charge in [0.15, 0.2) is 0 Å². The largest absolute Gasteiger partial charge is 0.481 e. The molecule has 1 N–H and O–H groups in total. The molecule has 0 saturated carbocycles. The topological polar surface area (TPSA) is 89.9 Å². The average molecular weight is 176 g/mol. The molecule has 68 valence electrons. The van der Waals surface area contributed by atoms with Gasteiger partial charge in [-0.15, -0.1) is 0 Å². The Morgan fingerprint density at radius 2 is 2.00 bits per heavy atom. The monoisotopic (exact) mass is 176 g/mol. The summed E-state index contributed by atoms with van der Waals surface area (Å²) in [5.41, 5.74) is 0. The maximum atomic E-state index is 10.5. The molecule has 0 fully saturated rings. The molecule has 0 aromatic rings. The Bertz CT molecular complexity index is 175. The predicted molar refractivity (Wildman–Crippen MR) is 35.0 cm³/mol. The van der Waals surface area contributed by atoms with Crippen molar-refractivity contribution < 1.29 is 29.0 Å². The Morgan fingerprint density at radius 3 is 2.50 bits per heavy atom. The molecule has 0 heterocycles. The molecule has 6 heteroatoms. The molecule has 0 unspecified atom stereocenters. The number of carboxylic acid groups (broad SMARTS) is 1. The molecule has 0 aromatic carbocycles. The summed E-state index contributed by atoms with van der Waals surface area (Å²) < 4.78 is 8.32. The van der Waals surface area contributed by atoms with Gasteiger partial charge in [0.2, 0.25) is 6.79 Å². The van der Waals surface area contributed by atoms with E-state index in [0.29, 0.717) is 0 Å². The van der Waals surface area contributed by atoms with Gasteiger partial charge in [-0.1, -0.05) is 0 Å². The number of esters is 1. The summed E-state index contributed by atoms with van der Waals surface area (Å²) in [4.78, 5) is 30.0. The van der Waals surface area contributed by atoms with Crippen LogP contribution in [0.15, 0.2) is 0 Å². The van der Waals surface area contributed by atoms with E-state index in [1.165, 1.54) is 0 Å². The second-order valence-corrected chi connectivity index (χ2v) is 1.79. The molecule has 0 aliphatic rings. The van der Waals surface area contributed by atoms with Crippen molar-refractivity contribution in [2.75, 3.05) is 6.79 Å².